The van der Waals surface area contributed by atoms with E-state index < -0.39 is 5.54 Å². The van der Waals surface area contributed by atoms with Gasteiger partial charge < -0.3 is 10.2 Å². The Bertz CT molecular complexity index is 176. The Hall–Kier alpha value is -0.410. The molecule has 0 aliphatic rings. The van der Waals surface area contributed by atoms with Crippen LogP contribution in [0.1, 0.15) is 27.7 Å². The molecule has 0 rings (SSSR count). The van der Waals surface area contributed by atoms with Crippen molar-refractivity contribution in [3.8, 4) is 0 Å². The summed E-state index contributed by atoms with van der Waals surface area (Å²) < 4.78 is 0. The molecule has 1 atom stereocenters. The Labute approximate surface area is 81.5 Å². The Morgan fingerprint density at radius 1 is 1.46 bits per heavy atom. The quantitative estimate of drug-likeness (QED) is 0.692. The Morgan fingerprint density at radius 3 is 2.23 bits per heavy atom. The lowest BCUT2D eigenvalue weighted by Crippen LogP contribution is -2.50. The molecule has 0 heterocycles. The van der Waals surface area contributed by atoms with Gasteiger partial charge in [0.1, 0.15) is 5.78 Å². The van der Waals surface area contributed by atoms with Crippen molar-refractivity contribution in [2.45, 2.75) is 39.3 Å². The molecule has 78 valence electrons. The van der Waals surface area contributed by atoms with Gasteiger partial charge >= 0.3 is 0 Å². The smallest absolute Gasteiger partial charge is 0.149 e. The van der Waals surface area contributed by atoms with Crippen LogP contribution in [0, 0.1) is 0 Å². The van der Waals surface area contributed by atoms with E-state index in [0.717, 1.165) is 6.54 Å². The molecule has 0 fully saturated rings. The fourth-order valence-corrected chi connectivity index (χ4v) is 0.710. The number of carbonyl (C=O) groups is 1. The molecule has 0 aliphatic heterocycles. The zero-order valence-corrected chi connectivity index (χ0v) is 9.64. The number of ketones is 1. The van der Waals surface area contributed by atoms with E-state index in [-0.39, 0.29) is 5.78 Å². The third kappa shape index (κ3) is 4.39. The first-order chi connectivity index (χ1) is 5.77. The average Bonchev–Trinajstić information content (AvgIpc) is 1.99. The van der Waals surface area contributed by atoms with E-state index in [4.69, 9.17) is 0 Å². The number of hydrogen-bond donors (Lipinski definition) is 1. The van der Waals surface area contributed by atoms with Crippen LogP contribution in [0.5, 0.6) is 0 Å². The lowest BCUT2D eigenvalue weighted by molar-refractivity contribution is -0.122. The fourth-order valence-electron chi connectivity index (χ4n) is 0.710. The molecule has 0 spiro atoms. The second-order valence-corrected chi connectivity index (χ2v) is 4.37. The van der Waals surface area contributed by atoms with E-state index in [2.05, 4.69) is 17.1 Å². The maximum Gasteiger partial charge on any atom is 0.149 e. The summed E-state index contributed by atoms with van der Waals surface area (Å²) >= 11 is 0. The van der Waals surface area contributed by atoms with E-state index in [0.29, 0.717) is 6.04 Å². The number of hydrogen-bond acceptors (Lipinski definition) is 3. The first kappa shape index (κ1) is 12.6. The molecule has 0 bridgehead atoms. The van der Waals surface area contributed by atoms with Gasteiger partial charge in [-0.2, -0.15) is 0 Å². The summed E-state index contributed by atoms with van der Waals surface area (Å²) in [6.45, 7) is 8.41. The molecule has 0 saturated carbocycles. The highest BCUT2D eigenvalue weighted by atomic mass is 16.1. The van der Waals surface area contributed by atoms with E-state index in [1.807, 2.05) is 27.9 Å². The summed E-state index contributed by atoms with van der Waals surface area (Å²) in [7, 11) is 4.07. The van der Waals surface area contributed by atoms with Crippen molar-refractivity contribution in [1.82, 2.24) is 10.2 Å². The summed E-state index contributed by atoms with van der Waals surface area (Å²) in [5.41, 5.74) is -0.399. The van der Waals surface area contributed by atoms with Gasteiger partial charge in [-0.15, -0.1) is 0 Å². The molecular weight excluding hydrogens is 164 g/mol. The molecule has 0 aromatic heterocycles. The molecule has 0 aromatic carbocycles. The van der Waals surface area contributed by atoms with Gasteiger partial charge in [0.25, 0.3) is 0 Å². The van der Waals surface area contributed by atoms with Gasteiger partial charge in [0.2, 0.25) is 0 Å². The minimum atomic E-state index is -0.399. The van der Waals surface area contributed by atoms with Crippen LogP contribution in [-0.2, 0) is 4.79 Å². The van der Waals surface area contributed by atoms with Gasteiger partial charge in [0.05, 0.1) is 5.54 Å². The van der Waals surface area contributed by atoms with Gasteiger partial charge in [0.15, 0.2) is 0 Å². The van der Waals surface area contributed by atoms with Crippen molar-refractivity contribution in [1.29, 1.82) is 0 Å². The topological polar surface area (TPSA) is 32.3 Å². The molecule has 0 radical (unpaired) electrons. The van der Waals surface area contributed by atoms with Crippen molar-refractivity contribution in [2.24, 2.45) is 0 Å². The van der Waals surface area contributed by atoms with E-state index in [1.54, 1.807) is 6.92 Å². The fraction of sp³-hybridized carbons (Fsp3) is 0.900. The van der Waals surface area contributed by atoms with Crippen LogP contribution in [0.25, 0.3) is 0 Å². The molecule has 3 nitrogen and oxygen atoms in total. The first-order valence-corrected chi connectivity index (χ1v) is 4.70. The zero-order valence-electron chi connectivity index (χ0n) is 9.64. The number of rotatable bonds is 5. The summed E-state index contributed by atoms with van der Waals surface area (Å²) in [6.07, 6.45) is 0. The lowest BCUT2D eigenvalue weighted by atomic mass is 10.0. The van der Waals surface area contributed by atoms with Crippen molar-refractivity contribution in [3.63, 3.8) is 0 Å². The Kier molecular flexibility index (Phi) is 4.57. The molecule has 1 N–H and O–H groups in total. The standard InChI is InChI=1S/C10H22N2O/c1-8(12(5)6)7-11-10(3,4)9(2)13/h8,11H,7H2,1-6H3. The van der Waals surface area contributed by atoms with Crippen LogP contribution in [0.2, 0.25) is 0 Å². The van der Waals surface area contributed by atoms with Gasteiger partial charge in [-0.3, -0.25) is 4.79 Å². The number of likely N-dealkylation sites (N-methyl/N-ethyl adjacent to an activating group) is 1. The predicted molar refractivity (Wildman–Crippen MR) is 55.9 cm³/mol. The SMILES string of the molecule is CC(=O)C(C)(C)NCC(C)N(C)C. The van der Waals surface area contributed by atoms with Crippen LogP contribution >= 0.6 is 0 Å². The number of nitrogens with zero attached hydrogens (tertiary/aromatic N) is 1. The number of nitrogens with one attached hydrogen (secondary N) is 1. The minimum Gasteiger partial charge on any atom is -0.305 e. The monoisotopic (exact) mass is 186 g/mol. The van der Waals surface area contributed by atoms with E-state index in [9.17, 15) is 4.79 Å². The predicted octanol–water partition coefficient (Wildman–Crippen LogP) is 0.894. The van der Waals surface area contributed by atoms with Gasteiger partial charge in [-0.25, -0.2) is 0 Å². The molecule has 3 heteroatoms. The zero-order chi connectivity index (χ0) is 10.6. The largest absolute Gasteiger partial charge is 0.305 e. The van der Waals surface area contributed by atoms with Crippen molar-refractivity contribution >= 4 is 5.78 Å². The van der Waals surface area contributed by atoms with Crippen LogP contribution in [0.4, 0.5) is 0 Å². The van der Waals surface area contributed by atoms with Crippen LogP contribution < -0.4 is 5.32 Å². The summed E-state index contributed by atoms with van der Waals surface area (Å²) in [6, 6.07) is 0.443. The van der Waals surface area contributed by atoms with Crippen LogP contribution in [0.3, 0.4) is 0 Å². The van der Waals surface area contributed by atoms with Crippen LogP contribution in [-0.4, -0.2) is 42.9 Å². The highest BCUT2D eigenvalue weighted by Gasteiger charge is 2.23. The minimum absolute atomic E-state index is 0.179. The molecule has 0 saturated heterocycles. The highest BCUT2D eigenvalue weighted by molar-refractivity contribution is 5.85. The maximum atomic E-state index is 11.2. The second kappa shape index (κ2) is 4.72. The molecule has 0 amide bonds. The molecular formula is C10H22N2O. The van der Waals surface area contributed by atoms with E-state index in [1.165, 1.54) is 0 Å². The maximum absolute atomic E-state index is 11.2. The van der Waals surface area contributed by atoms with Gasteiger partial charge in [0, 0.05) is 12.6 Å². The summed E-state index contributed by atoms with van der Waals surface area (Å²) in [5.74, 6) is 0.179. The second-order valence-electron chi connectivity index (χ2n) is 4.37. The first-order valence-electron chi connectivity index (χ1n) is 4.70. The molecule has 0 aromatic rings. The lowest BCUT2D eigenvalue weighted by Gasteiger charge is -2.27. The third-order valence-electron chi connectivity index (χ3n) is 2.60. The van der Waals surface area contributed by atoms with Crippen LogP contribution in [0.15, 0.2) is 0 Å². The average molecular weight is 186 g/mol. The van der Waals surface area contributed by atoms with E-state index >= 15 is 0 Å². The molecule has 0 aliphatic carbocycles. The molecule has 13 heavy (non-hydrogen) atoms. The van der Waals surface area contributed by atoms with Gasteiger partial charge in [-0.05, 0) is 41.8 Å². The number of carbonyl (C=O) groups excluding carboxylic acids is 1. The third-order valence-corrected chi connectivity index (χ3v) is 2.60. The summed E-state index contributed by atoms with van der Waals surface area (Å²) in [5, 5.41) is 3.25. The Balaban J connectivity index is 3.95. The normalized spacial score (nSPS) is 14.7. The Morgan fingerprint density at radius 2 is 1.92 bits per heavy atom. The van der Waals surface area contributed by atoms with Gasteiger partial charge in [-0.1, -0.05) is 0 Å². The summed E-state index contributed by atoms with van der Waals surface area (Å²) in [4.78, 5) is 13.3. The highest BCUT2D eigenvalue weighted by Crippen LogP contribution is 2.03. The molecule has 1 unspecified atom stereocenters. The van der Waals surface area contributed by atoms with Crippen molar-refractivity contribution < 1.29 is 4.79 Å². The van der Waals surface area contributed by atoms with Crippen molar-refractivity contribution in [3.05, 3.63) is 0 Å². The van der Waals surface area contributed by atoms with Crippen molar-refractivity contribution in [2.75, 3.05) is 20.6 Å². The number of Topliss-reactive ketones (excluding diaryl/α,β-unsaturated/α-hetero) is 1.